The Morgan fingerprint density at radius 3 is 2.74 bits per heavy atom. The lowest BCUT2D eigenvalue weighted by Gasteiger charge is -2.26. The third-order valence-corrected chi connectivity index (χ3v) is 4.07. The van der Waals surface area contributed by atoms with Crippen LogP contribution in [0.1, 0.15) is 48.5 Å². The summed E-state index contributed by atoms with van der Waals surface area (Å²) in [6.45, 7) is 4.14. The van der Waals surface area contributed by atoms with Crippen molar-refractivity contribution >= 4 is 5.97 Å². The monoisotopic (exact) mass is 261 g/mol. The van der Waals surface area contributed by atoms with Crippen molar-refractivity contribution in [3.63, 3.8) is 0 Å². The number of carboxylic acid groups (broad SMARTS) is 1. The van der Waals surface area contributed by atoms with Crippen LogP contribution < -0.4 is 5.32 Å². The maximum absolute atomic E-state index is 10.9. The molecule has 2 rings (SSSR count). The second kappa shape index (κ2) is 6.71. The first-order valence-electron chi connectivity index (χ1n) is 7.18. The molecule has 0 atom stereocenters. The molecule has 1 aliphatic rings. The van der Waals surface area contributed by atoms with Crippen molar-refractivity contribution < 1.29 is 9.90 Å². The smallest absolute Gasteiger partial charge is 0.335 e. The summed E-state index contributed by atoms with van der Waals surface area (Å²) in [7, 11) is 0. The molecule has 2 N–H and O–H groups in total. The Balaban J connectivity index is 1.76. The molecule has 1 aromatic rings. The Kier molecular flexibility index (Phi) is 4.97. The van der Waals surface area contributed by atoms with Crippen molar-refractivity contribution in [2.24, 2.45) is 11.8 Å². The van der Waals surface area contributed by atoms with Crippen LogP contribution in [-0.4, -0.2) is 17.6 Å². The lowest BCUT2D eigenvalue weighted by atomic mass is 9.83. The van der Waals surface area contributed by atoms with Crippen LogP contribution in [0.15, 0.2) is 24.3 Å². The van der Waals surface area contributed by atoms with Crippen molar-refractivity contribution in [3.05, 3.63) is 35.4 Å². The van der Waals surface area contributed by atoms with Crippen LogP contribution >= 0.6 is 0 Å². The zero-order valence-electron chi connectivity index (χ0n) is 11.6. The van der Waals surface area contributed by atoms with E-state index in [0.717, 1.165) is 30.5 Å². The van der Waals surface area contributed by atoms with E-state index in [1.54, 1.807) is 12.1 Å². The van der Waals surface area contributed by atoms with Crippen LogP contribution in [0.4, 0.5) is 0 Å². The van der Waals surface area contributed by atoms with Gasteiger partial charge in [-0.3, -0.25) is 0 Å². The fourth-order valence-corrected chi connectivity index (χ4v) is 2.77. The van der Waals surface area contributed by atoms with Gasteiger partial charge in [0.2, 0.25) is 0 Å². The fraction of sp³-hybridized carbons (Fsp3) is 0.562. The molecule has 3 heteroatoms. The van der Waals surface area contributed by atoms with E-state index in [-0.39, 0.29) is 0 Å². The van der Waals surface area contributed by atoms with Crippen LogP contribution in [0.2, 0.25) is 0 Å². The van der Waals surface area contributed by atoms with Crippen molar-refractivity contribution in [1.29, 1.82) is 0 Å². The maximum Gasteiger partial charge on any atom is 0.335 e. The van der Waals surface area contributed by atoms with Gasteiger partial charge in [-0.05, 0) is 48.9 Å². The topological polar surface area (TPSA) is 49.3 Å². The van der Waals surface area contributed by atoms with Crippen LogP contribution in [0.5, 0.6) is 0 Å². The van der Waals surface area contributed by atoms with Gasteiger partial charge in [-0.2, -0.15) is 0 Å². The molecule has 0 radical (unpaired) electrons. The summed E-state index contributed by atoms with van der Waals surface area (Å²) in [6, 6.07) is 7.16. The first kappa shape index (κ1) is 14.1. The quantitative estimate of drug-likeness (QED) is 0.855. The van der Waals surface area contributed by atoms with Crippen LogP contribution in [0.3, 0.4) is 0 Å². The van der Waals surface area contributed by atoms with Crippen LogP contribution in [-0.2, 0) is 6.54 Å². The van der Waals surface area contributed by atoms with Crippen molar-refractivity contribution in [3.8, 4) is 0 Å². The number of carbonyl (C=O) groups is 1. The minimum atomic E-state index is -0.858. The van der Waals surface area contributed by atoms with Gasteiger partial charge in [0.05, 0.1) is 5.56 Å². The summed E-state index contributed by atoms with van der Waals surface area (Å²) in [5.41, 5.74) is 1.41. The molecule has 104 valence electrons. The molecule has 0 aliphatic heterocycles. The van der Waals surface area contributed by atoms with E-state index in [9.17, 15) is 4.79 Å². The molecule has 1 fully saturated rings. The molecular formula is C16H23NO2. The first-order chi connectivity index (χ1) is 9.15. The molecule has 1 aromatic carbocycles. The minimum Gasteiger partial charge on any atom is -0.478 e. The Morgan fingerprint density at radius 1 is 1.32 bits per heavy atom. The van der Waals surface area contributed by atoms with E-state index in [1.165, 1.54) is 25.7 Å². The van der Waals surface area contributed by atoms with Crippen molar-refractivity contribution in [1.82, 2.24) is 5.32 Å². The summed E-state index contributed by atoms with van der Waals surface area (Å²) in [5, 5.41) is 12.4. The molecule has 0 heterocycles. The van der Waals surface area contributed by atoms with Crippen LogP contribution in [0.25, 0.3) is 0 Å². The van der Waals surface area contributed by atoms with E-state index >= 15 is 0 Å². The third-order valence-electron chi connectivity index (χ3n) is 4.07. The molecular weight excluding hydrogens is 238 g/mol. The van der Waals surface area contributed by atoms with Gasteiger partial charge in [-0.1, -0.05) is 31.9 Å². The first-order valence-corrected chi connectivity index (χ1v) is 7.18. The Morgan fingerprint density at radius 2 is 2.05 bits per heavy atom. The molecule has 3 nitrogen and oxygen atoms in total. The SMILES string of the molecule is CC1CCC(CNCc2cccc(C(=O)O)c2)CC1. The van der Waals surface area contributed by atoms with Crippen molar-refractivity contribution in [2.45, 2.75) is 39.2 Å². The number of rotatable bonds is 5. The molecule has 1 aliphatic carbocycles. The van der Waals surface area contributed by atoms with E-state index < -0.39 is 5.97 Å². The third kappa shape index (κ3) is 4.35. The molecule has 0 spiro atoms. The zero-order chi connectivity index (χ0) is 13.7. The second-order valence-electron chi connectivity index (χ2n) is 5.76. The van der Waals surface area contributed by atoms with Gasteiger partial charge in [0, 0.05) is 6.54 Å². The predicted molar refractivity (Wildman–Crippen MR) is 76.2 cm³/mol. The summed E-state index contributed by atoms with van der Waals surface area (Å²) in [6.07, 6.45) is 5.34. The van der Waals surface area contributed by atoms with Gasteiger partial charge in [0.1, 0.15) is 0 Å². The van der Waals surface area contributed by atoms with Gasteiger partial charge in [0.25, 0.3) is 0 Å². The Labute approximate surface area is 115 Å². The van der Waals surface area contributed by atoms with E-state index in [2.05, 4.69) is 12.2 Å². The van der Waals surface area contributed by atoms with Crippen molar-refractivity contribution in [2.75, 3.05) is 6.54 Å². The minimum absolute atomic E-state index is 0.366. The second-order valence-corrected chi connectivity index (χ2v) is 5.76. The number of hydrogen-bond acceptors (Lipinski definition) is 2. The summed E-state index contributed by atoms with van der Waals surface area (Å²) in [5.74, 6) is 0.825. The standard InChI is InChI=1S/C16H23NO2/c1-12-5-7-13(8-6-12)10-17-11-14-3-2-4-15(9-14)16(18)19/h2-4,9,12-13,17H,5-8,10-11H2,1H3,(H,18,19). The van der Waals surface area contributed by atoms with Gasteiger partial charge in [-0.15, -0.1) is 0 Å². The number of hydrogen-bond donors (Lipinski definition) is 2. The number of carboxylic acids is 1. The number of benzene rings is 1. The summed E-state index contributed by atoms with van der Waals surface area (Å²) < 4.78 is 0. The zero-order valence-corrected chi connectivity index (χ0v) is 11.6. The Hall–Kier alpha value is -1.35. The maximum atomic E-state index is 10.9. The average molecular weight is 261 g/mol. The van der Waals surface area contributed by atoms with Gasteiger partial charge in [-0.25, -0.2) is 4.79 Å². The van der Waals surface area contributed by atoms with E-state index in [1.807, 2.05) is 12.1 Å². The molecule has 1 saturated carbocycles. The largest absolute Gasteiger partial charge is 0.478 e. The lowest BCUT2D eigenvalue weighted by Crippen LogP contribution is -2.25. The van der Waals surface area contributed by atoms with E-state index in [0.29, 0.717) is 5.56 Å². The molecule has 0 unspecified atom stereocenters. The molecule has 19 heavy (non-hydrogen) atoms. The highest BCUT2D eigenvalue weighted by atomic mass is 16.4. The van der Waals surface area contributed by atoms with Gasteiger partial charge in [0.15, 0.2) is 0 Å². The number of nitrogens with one attached hydrogen (secondary N) is 1. The average Bonchev–Trinajstić information content (AvgIpc) is 2.41. The van der Waals surface area contributed by atoms with Crippen LogP contribution in [0, 0.1) is 11.8 Å². The molecule has 0 amide bonds. The normalized spacial score (nSPS) is 23.2. The van der Waals surface area contributed by atoms with E-state index in [4.69, 9.17) is 5.11 Å². The summed E-state index contributed by atoms with van der Waals surface area (Å²) >= 11 is 0. The Bertz CT molecular complexity index is 423. The highest BCUT2D eigenvalue weighted by Crippen LogP contribution is 2.27. The highest BCUT2D eigenvalue weighted by molar-refractivity contribution is 5.87. The van der Waals surface area contributed by atoms with Gasteiger partial charge >= 0.3 is 5.97 Å². The molecule has 0 saturated heterocycles. The predicted octanol–water partition coefficient (Wildman–Crippen LogP) is 3.30. The summed E-state index contributed by atoms with van der Waals surface area (Å²) in [4.78, 5) is 10.9. The molecule has 0 bridgehead atoms. The fourth-order valence-electron chi connectivity index (χ4n) is 2.77. The van der Waals surface area contributed by atoms with Gasteiger partial charge < -0.3 is 10.4 Å². The number of aromatic carboxylic acids is 1. The lowest BCUT2D eigenvalue weighted by molar-refractivity contribution is 0.0696. The highest BCUT2D eigenvalue weighted by Gasteiger charge is 2.17. The molecule has 0 aromatic heterocycles.